The lowest BCUT2D eigenvalue weighted by molar-refractivity contribution is -0.154. The molecule has 3 rings (SSSR count). The minimum atomic E-state index is -0.850. The number of hydrogen-bond donors (Lipinski definition) is 1. The highest BCUT2D eigenvalue weighted by Crippen LogP contribution is 2.19. The van der Waals surface area contributed by atoms with E-state index < -0.39 is 12.1 Å². The number of carbonyl (C=O) groups is 2. The number of rotatable bonds is 5. The van der Waals surface area contributed by atoms with Crippen LogP contribution in [0.15, 0.2) is 29.1 Å². The molecule has 1 unspecified atom stereocenters. The molecule has 0 saturated heterocycles. The van der Waals surface area contributed by atoms with Crippen LogP contribution in [0.2, 0.25) is 0 Å². The number of ether oxygens (including phenoxy) is 1. The fraction of sp³-hybridized carbons (Fsp3) is 0.412. The van der Waals surface area contributed by atoms with Gasteiger partial charge in [0.25, 0.3) is 11.5 Å². The van der Waals surface area contributed by atoms with Crippen molar-refractivity contribution in [3.05, 3.63) is 40.3 Å². The van der Waals surface area contributed by atoms with Crippen LogP contribution >= 0.6 is 0 Å². The second-order valence-corrected chi connectivity index (χ2v) is 6.01. The quantitative estimate of drug-likeness (QED) is 0.815. The molecule has 1 fully saturated rings. The number of nitrogens with one attached hydrogen (secondary N) is 1. The third-order valence-electron chi connectivity index (χ3n) is 3.95. The standard InChI is InChI=1S/C17H19N3O4/c1-10(16(22)18-11-7-8-11)24-15(21)9-14-12-5-3-4-6-13(12)17(23)20(2)19-14/h3-6,10-11H,7-9H2,1-2H3,(H,18,22). The Kier molecular flexibility index (Phi) is 4.33. The third-order valence-corrected chi connectivity index (χ3v) is 3.95. The first-order valence-corrected chi connectivity index (χ1v) is 7.90. The highest BCUT2D eigenvalue weighted by Gasteiger charge is 2.27. The lowest BCUT2D eigenvalue weighted by Gasteiger charge is -2.13. The van der Waals surface area contributed by atoms with Crippen LogP contribution in [-0.2, 0) is 27.8 Å². The van der Waals surface area contributed by atoms with E-state index in [0.717, 1.165) is 12.8 Å². The maximum Gasteiger partial charge on any atom is 0.312 e. The van der Waals surface area contributed by atoms with Crippen molar-refractivity contribution in [1.29, 1.82) is 0 Å². The Morgan fingerprint density at radius 3 is 2.67 bits per heavy atom. The van der Waals surface area contributed by atoms with Gasteiger partial charge in [-0.2, -0.15) is 5.10 Å². The van der Waals surface area contributed by atoms with Crippen molar-refractivity contribution < 1.29 is 14.3 Å². The molecule has 7 heteroatoms. The van der Waals surface area contributed by atoms with Crippen molar-refractivity contribution in [2.45, 2.75) is 38.3 Å². The lowest BCUT2D eigenvalue weighted by atomic mass is 10.1. The molecule has 1 amide bonds. The molecule has 7 nitrogen and oxygen atoms in total. The van der Waals surface area contributed by atoms with E-state index in [-0.39, 0.29) is 23.9 Å². The maximum absolute atomic E-state index is 12.1. The molecule has 126 valence electrons. The van der Waals surface area contributed by atoms with Gasteiger partial charge >= 0.3 is 5.97 Å². The molecule has 24 heavy (non-hydrogen) atoms. The van der Waals surface area contributed by atoms with Gasteiger partial charge in [-0.1, -0.05) is 18.2 Å². The topological polar surface area (TPSA) is 90.3 Å². The van der Waals surface area contributed by atoms with E-state index in [1.165, 1.54) is 11.7 Å². The maximum atomic E-state index is 12.1. The van der Waals surface area contributed by atoms with E-state index in [1.807, 2.05) is 0 Å². The molecule has 1 aromatic carbocycles. The average Bonchev–Trinajstić information content (AvgIpc) is 3.36. The predicted molar refractivity (Wildman–Crippen MR) is 87.4 cm³/mol. The molecule has 2 aromatic rings. The molecule has 0 radical (unpaired) electrons. The number of amides is 1. The SMILES string of the molecule is CC(OC(=O)Cc1nn(C)c(=O)c2ccccc12)C(=O)NC1CC1. The second-order valence-electron chi connectivity index (χ2n) is 6.01. The monoisotopic (exact) mass is 329 g/mol. The van der Waals surface area contributed by atoms with E-state index in [1.54, 1.807) is 31.2 Å². The fourth-order valence-electron chi connectivity index (χ4n) is 2.48. The molecule has 1 saturated carbocycles. The van der Waals surface area contributed by atoms with Crippen LogP contribution in [0.5, 0.6) is 0 Å². The van der Waals surface area contributed by atoms with Gasteiger partial charge in [0.05, 0.1) is 17.5 Å². The van der Waals surface area contributed by atoms with Crippen LogP contribution in [0.3, 0.4) is 0 Å². The molecule has 0 spiro atoms. The number of aromatic nitrogens is 2. The van der Waals surface area contributed by atoms with Crippen LogP contribution in [0.1, 0.15) is 25.5 Å². The summed E-state index contributed by atoms with van der Waals surface area (Å²) < 4.78 is 6.39. The van der Waals surface area contributed by atoms with Crippen molar-refractivity contribution in [3.63, 3.8) is 0 Å². The first-order valence-electron chi connectivity index (χ1n) is 7.90. The van der Waals surface area contributed by atoms with Gasteiger partial charge in [0, 0.05) is 18.5 Å². The number of hydrogen-bond acceptors (Lipinski definition) is 5. The molecule has 1 N–H and O–H groups in total. The van der Waals surface area contributed by atoms with Crippen molar-refractivity contribution >= 4 is 22.6 Å². The number of fused-ring (bicyclic) bond motifs is 1. The fourth-order valence-corrected chi connectivity index (χ4v) is 2.48. The molecule has 1 heterocycles. The Labute approximate surface area is 138 Å². The van der Waals surface area contributed by atoms with Crippen molar-refractivity contribution in [2.75, 3.05) is 0 Å². The van der Waals surface area contributed by atoms with Crippen molar-refractivity contribution in [3.8, 4) is 0 Å². The largest absolute Gasteiger partial charge is 0.452 e. The van der Waals surface area contributed by atoms with Crippen molar-refractivity contribution in [2.24, 2.45) is 7.05 Å². The summed E-state index contributed by atoms with van der Waals surface area (Å²) in [6.07, 6.45) is 0.994. The van der Waals surface area contributed by atoms with Crippen LogP contribution in [0.25, 0.3) is 10.8 Å². The first kappa shape index (κ1) is 16.2. The summed E-state index contributed by atoms with van der Waals surface area (Å²) in [5, 5.41) is 8.06. The van der Waals surface area contributed by atoms with E-state index in [0.29, 0.717) is 16.5 Å². The van der Waals surface area contributed by atoms with Crippen molar-refractivity contribution in [1.82, 2.24) is 15.1 Å². The molecular formula is C17H19N3O4. The normalized spacial score (nSPS) is 15.1. The van der Waals surface area contributed by atoms with Gasteiger partial charge in [0.2, 0.25) is 0 Å². The highest BCUT2D eigenvalue weighted by atomic mass is 16.5. The summed E-state index contributed by atoms with van der Waals surface area (Å²) in [4.78, 5) is 36.1. The van der Waals surface area contributed by atoms with Gasteiger partial charge in [-0.25, -0.2) is 4.68 Å². The van der Waals surface area contributed by atoms with Gasteiger partial charge in [0.1, 0.15) is 0 Å². The Bertz CT molecular complexity index is 855. The van der Waals surface area contributed by atoms with Crippen LogP contribution in [0.4, 0.5) is 0 Å². The van der Waals surface area contributed by atoms with Gasteiger partial charge in [-0.3, -0.25) is 14.4 Å². The van der Waals surface area contributed by atoms with Crippen LogP contribution in [-0.4, -0.2) is 33.8 Å². The lowest BCUT2D eigenvalue weighted by Crippen LogP contribution is -2.37. The Morgan fingerprint density at radius 2 is 2.00 bits per heavy atom. The zero-order valence-corrected chi connectivity index (χ0v) is 13.6. The average molecular weight is 329 g/mol. The van der Waals surface area contributed by atoms with Gasteiger partial charge < -0.3 is 10.1 Å². The summed E-state index contributed by atoms with van der Waals surface area (Å²) in [7, 11) is 1.54. The molecule has 1 aliphatic carbocycles. The summed E-state index contributed by atoms with van der Waals surface area (Å²) in [6, 6.07) is 7.20. The van der Waals surface area contributed by atoms with E-state index >= 15 is 0 Å². The predicted octanol–water partition coefficient (Wildman–Crippen LogP) is 0.686. The number of nitrogens with zero attached hydrogens (tertiary/aromatic N) is 2. The molecule has 1 aromatic heterocycles. The van der Waals surface area contributed by atoms with E-state index in [9.17, 15) is 14.4 Å². The Balaban J connectivity index is 1.74. The third kappa shape index (κ3) is 3.45. The Morgan fingerprint density at radius 1 is 1.33 bits per heavy atom. The summed E-state index contributed by atoms with van der Waals surface area (Å²) in [5.41, 5.74) is 0.229. The summed E-state index contributed by atoms with van der Waals surface area (Å²) in [5.74, 6) is -0.839. The summed E-state index contributed by atoms with van der Waals surface area (Å²) in [6.45, 7) is 1.54. The molecule has 0 aliphatic heterocycles. The summed E-state index contributed by atoms with van der Waals surface area (Å²) >= 11 is 0. The number of aryl methyl sites for hydroxylation is 1. The molecular weight excluding hydrogens is 310 g/mol. The number of benzene rings is 1. The number of carbonyl (C=O) groups excluding carboxylic acids is 2. The molecule has 1 atom stereocenters. The van der Waals surface area contributed by atoms with Gasteiger partial charge in [0.15, 0.2) is 6.10 Å². The van der Waals surface area contributed by atoms with Crippen LogP contribution < -0.4 is 10.9 Å². The van der Waals surface area contributed by atoms with Gasteiger partial charge in [-0.15, -0.1) is 0 Å². The first-order chi connectivity index (χ1) is 11.5. The molecule has 1 aliphatic rings. The highest BCUT2D eigenvalue weighted by molar-refractivity contribution is 5.88. The number of esters is 1. The minimum Gasteiger partial charge on any atom is -0.452 e. The van der Waals surface area contributed by atoms with E-state index in [2.05, 4.69) is 10.4 Å². The van der Waals surface area contributed by atoms with Crippen LogP contribution in [0, 0.1) is 0 Å². The zero-order chi connectivity index (χ0) is 17.3. The smallest absolute Gasteiger partial charge is 0.312 e. The Hall–Kier alpha value is -2.70. The zero-order valence-electron chi connectivity index (χ0n) is 13.6. The van der Waals surface area contributed by atoms with E-state index in [4.69, 9.17) is 4.74 Å². The second kappa shape index (κ2) is 6.43. The minimum absolute atomic E-state index is 0.102. The molecule has 0 bridgehead atoms. The van der Waals surface area contributed by atoms with Gasteiger partial charge in [-0.05, 0) is 25.8 Å².